The topological polar surface area (TPSA) is 42.4 Å². The molecule has 2 aromatic rings. The minimum Gasteiger partial charge on any atom is -0.496 e. The first-order chi connectivity index (χ1) is 9.13. The lowest BCUT2D eigenvalue weighted by Crippen LogP contribution is -2.27. The van der Waals surface area contributed by atoms with E-state index >= 15 is 0 Å². The minimum atomic E-state index is -0.143. The van der Waals surface area contributed by atoms with Gasteiger partial charge in [0, 0.05) is 13.2 Å². The molecule has 1 aromatic heterocycles. The van der Waals surface area contributed by atoms with Crippen LogP contribution in [0.4, 0.5) is 5.82 Å². The molecular formula is C15H16N2O2. The second kappa shape index (κ2) is 5.52. The number of hydrogen-bond donors (Lipinski definition) is 0. The summed E-state index contributed by atoms with van der Waals surface area (Å²) < 4.78 is 5.27. The number of aryl methyl sites for hydroxylation is 1. The number of amides is 1. The Hall–Kier alpha value is -2.36. The Balaban J connectivity index is 2.34. The molecule has 1 aromatic carbocycles. The van der Waals surface area contributed by atoms with Crippen LogP contribution in [0.1, 0.15) is 15.9 Å². The Bertz CT molecular complexity index is 582. The summed E-state index contributed by atoms with van der Waals surface area (Å²) in [5.41, 5.74) is 1.58. The van der Waals surface area contributed by atoms with Gasteiger partial charge in [0.15, 0.2) is 0 Å². The van der Waals surface area contributed by atoms with E-state index in [1.165, 1.54) is 4.90 Å². The van der Waals surface area contributed by atoms with Crippen molar-refractivity contribution in [1.29, 1.82) is 0 Å². The van der Waals surface area contributed by atoms with Gasteiger partial charge in [-0.1, -0.05) is 12.1 Å². The molecule has 98 valence electrons. The molecule has 0 aliphatic carbocycles. The van der Waals surface area contributed by atoms with Crippen LogP contribution in [0, 0.1) is 6.92 Å². The molecule has 0 spiro atoms. The van der Waals surface area contributed by atoms with Crippen LogP contribution in [0.5, 0.6) is 5.75 Å². The highest BCUT2D eigenvalue weighted by atomic mass is 16.5. The fourth-order valence-electron chi connectivity index (χ4n) is 1.81. The first-order valence-electron chi connectivity index (χ1n) is 5.97. The predicted octanol–water partition coefficient (Wildman–Crippen LogP) is 2.68. The van der Waals surface area contributed by atoms with Gasteiger partial charge in [-0.25, -0.2) is 4.98 Å². The molecule has 0 aliphatic heterocycles. The van der Waals surface area contributed by atoms with E-state index in [2.05, 4.69) is 4.98 Å². The number of ether oxygens (including phenoxy) is 1. The fraction of sp³-hybridized carbons (Fsp3) is 0.200. The van der Waals surface area contributed by atoms with Crippen molar-refractivity contribution >= 4 is 11.7 Å². The van der Waals surface area contributed by atoms with E-state index in [1.807, 2.05) is 31.2 Å². The maximum Gasteiger partial charge on any atom is 0.262 e. The van der Waals surface area contributed by atoms with E-state index in [1.54, 1.807) is 32.5 Å². The largest absolute Gasteiger partial charge is 0.496 e. The Kier molecular flexibility index (Phi) is 3.80. The first-order valence-corrected chi connectivity index (χ1v) is 5.97. The second-order valence-corrected chi connectivity index (χ2v) is 4.26. The van der Waals surface area contributed by atoms with Crippen LogP contribution in [-0.4, -0.2) is 25.0 Å². The molecule has 19 heavy (non-hydrogen) atoms. The standard InChI is InChI=1S/C15H16N2O2/c1-11-7-8-12(13(10-11)19-3)15(18)17(2)14-6-4-5-9-16-14/h4-10H,1-3H3. The molecule has 4 heteroatoms. The first kappa shape index (κ1) is 13.1. The highest BCUT2D eigenvalue weighted by molar-refractivity contribution is 6.07. The Morgan fingerprint density at radius 3 is 2.68 bits per heavy atom. The van der Waals surface area contributed by atoms with Crippen molar-refractivity contribution < 1.29 is 9.53 Å². The van der Waals surface area contributed by atoms with Crippen LogP contribution in [0.2, 0.25) is 0 Å². The third-order valence-electron chi connectivity index (χ3n) is 2.89. The van der Waals surface area contributed by atoms with Gasteiger partial charge in [0.1, 0.15) is 11.6 Å². The summed E-state index contributed by atoms with van der Waals surface area (Å²) in [6.45, 7) is 1.96. The zero-order valence-corrected chi connectivity index (χ0v) is 11.3. The van der Waals surface area contributed by atoms with Crippen molar-refractivity contribution in [3.63, 3.8) is 0 Å². The van der Waals surface area contributed by atoms with E-state index in [4.69, 9.17) is 4.74 Å². The molecule has 0 atom stereocenters. The highest BCUT2D eigenvalue weighted by Crippen LogP contribution is 2.22. The molecule has 0 saturated carbocycles. The van der Waals surface area contributed by atoms with Gasteiger partial charge in [0.2, 0.25) is 0 Å². The van der Waals surface area contributed by atoms with Crippen LogP contribution < -0.4 is 9.64 Å². The molecule has 0 radical (unpaired) electrons. The molecule has 0 aliphatic rings. The molecule has 1 heterocycles. The Labute approximate surface area is 112 Å². The fourth-order valence-corrected chi connectivity index (χ4v) is 1.81. The average Bonchev–Trinajstić information content (AvgIpc) is 2.46. The minimum absolute atomic E-state index is 0.143. The summed E-state index contributed by atoms with van der Waals surface area (Å²) in [6, 6.07) is 11.0. The van der Waals surface area contributed by atoms with Crippen molar-refractivity contribution in [3.05, 3.63) is 53.7 Å². The number of anilines is 1. The van der Waals surface area contributed by atoms with Gasteiger partial charge in [-0.05, 0) is 36.8 Å². The number of carbonyl (C=O) groups excluding carboxylic acids is 1. The van der Waals surface area contributed by atoms with E-state index < -0.39 is 0 Å². The number of hydrogen-bond acceptors (Lipinski definition) is 3. The lowest BCUT2D eigenvalue weighted by molar-refractivity contribution is 0.0989. The van der Waals surface area contributed by atoms with Gasteiger partial charge >= 0.3 is 0 Å². The number of rotatable bonds is 3. The van der Waals surface area contributed by atoms with Gasteiger partial charge in [-0.15, -0.1) is 0 Å². The van der Waals surface area contributed by atoms with E-state index in [0.717, 1.165) is 5.56 Å². The monoisotopic (exact) mass is 256 g/mol. The summed E-state index contributed by atoms with van der Waals surface area (Å²) in [4.78, 5) is 18.1. The number of nitrogens with zero attached hydrogens (tertiary/aromatic N) is 2. The number of benzene rings is 1. The second-order valence-electron chi connectivity index (χ2n) is 4.26. The summed E-state index contributed by atoms with van der Waals surface area (Å²) in [6.07, 6.45) is 1.66. The summed E-state index contributed by atoms with van der Waals surface area (Å²) in [5.74, 6) is 1.04. The van der Waals surface area contributed by atoms with Crippen molar-refractivity contribution in [2.45, 2.75) is 6.92 Å². The van der Waals surface area contributed by atoms with Crippen LogP contribution in [0.3, 0.4) is 0 Å². The Morgan fingerprint density at radius 2 is 2.05 bits per heavy atom. The molecule has 2 rings (SSSR count). The predicted molar refractivity (Wildman–Crippen MR) is 74.7 cm³/mol. The smallest absolute Gasteiger partial charge is 0.262 e. The maximum absolute atomic E-state index is 12.4. The van der Waals surface area contributed by atoms with Crippen molar-refractivity contribution in [1.82, 2.24) is 4.98 Å². The summed E-state index contributed by atoms with van der Waals surface area (Å²) in [7, 11) is 3.26. The number of carbonyl (C=O) groups is 1. The summed E-state index contributed by atoms with van der Waals surface area (Å²) >= 11 is 0. The highest BCUT2D eigenvalue weighted by Gasteiger charge is 2.18. The van der Waals surface area contributed by atoms with Crippen molar-refractivity contribution in [3.8, 4) is 5.75 Å². The molecule has 0 fully saturated rings. The molecule has 0 bridgehead atoms. The van der Waals surface area contributed by atoms with Crippen LogP contribution >= 0.6 is 0 Å². The quantitative estimate of drug-likeness (QED) is 0.848. The Morgan fingerprint density at radius 1 is 1.26 bits per heavy atom. The normalized spacial score (nSPS) is 10.1. The molecule has 0 N–H and O–H groups in total. The zero-order valence-electron chi connectivity index (χ0n) is 11.3. The SMILES string of the molecule is COc1cc(C)ccc1C(=O)N(C)c1ccccn1. The lowest BCUT2D eigenvalue weighted by atomic mass is 10.1. The van der Waals surface area contributed by atoms with Crippen molar-refractivity contribution in [2.75, 3.05) is 19.1 Å². The van der Waals surface area contributed by atoms with Crippen LogP contribution in [-0.2, 0) is 0 Å². The maximum atomic E-state index is 12.4. The molecule has 4 nitrogen and oxygen atoms in total. The van der Waals surface area contributed by atoms with Gasteiger partial charge in [-0.3, -0.25) is 9.69 Å². The van der Waals surface area contributed by atoms with E-state index in [9.17, 15) is 4.79 Å². The molecule has 0 unspecified atom stereocenters. The number of methoxy groups -OCH3 is 1. The number of pyridine rings is 1. The average molecular weight is 256 g/mol. The van der Waals surface area contributed by atoms with Crippen LogP contribution in [0.15, 0.2) is 42.6 Å². The van der Waals surface area contributed by atoms with Crippen molar-refractivity contribution in [2.24, 2.45) is 0 Å². The van der Waals surface area contributed by atoms with E-state index in [-0.39, 0.29) is 5.91 Å². The third kappa shape index (κ3) is 2.73. The zero-order chi connectivity index (χ0) is 13.8. The summed E-state index contributed by atoms with van der Waals surface area (Å²) in [5, 5.41) is 0. The molecular weight excluding hydrogens is 240 g/mol. The van der Waals surface area contributed by atoms with E-state index in [0.29, 0.717) is 17.1 Å². The van der Waals surface area contributed by atoms with Crippen LogP contribution in [0.25, 0.3) is 0 Å². The third-order valence-corrected chi connectivity index (χ3v) is 2.89. The van der Waals surface area contributed by atoms with Gasteiger partial charge < -0.3 is 4.74 Å². The van der Waals surface area contributed by atoms with Gasteiger partial charge in [0.05, 0.1) is 12.7 Å². The molecule has 1 amide bonds. The van der Waals surface area contributed by atoms with Gasteiger partial charge in [-0.2, -0.15) is 0 Å². The number of aromatic nitrogens is 1. The molecule has 0 saturated heterocycles. The van der Waals surface area contributed by atoms with Gasteiger partial charge in [0.25, 0.3) is 5.91 Å². The lowest BCUT2D eigenvalue weighted by Gasteiger charge is -2.17.